The average Bonchev–Trinajstić information content (AvgIpc) is 2.04. The molecule has 1 rings (SSSR count). The lowest BCUT2D eigenvalue weighted by Gasteiger charge is -2.38. The number of ether oxygens (including phenoxy) is 2. The maximum Gasteiger partial charge on any atom is 0.186 e. The van der Waals surface area contributed by atoms with E-state index < -0.39 is 30.2 Å². The van der Waals surface area contributed by atoms with Crippen molar-refractivity contribution in [3.63, 3.8) is 0 Å². The van der Waals surface area contributed by atoms with Gasteiger partial charge in [-0.1, -0.05) is 0 Å². The van der Waals surface area contributed by atoms with Crippen LogP contribution in [0, 0.1) is 0 Å². The molecule has 0 spiro atoms. The fourth-order valence-corrected chi connectivity index (χ4v) is 1.23. The van der Waals surface area contributed by atoms with E-state index in [1.807, 2.05) is 20.8 Å². The Morgan fingerprint density at radius 2 is 1.71 bits per heavy atom. The van der Waals surface area contributed by atoms with Crippen LogP contribution in [0.3, 0.4) is 0 Å². The van der Waals surface area contributed by atoms with Gasteiger partial charge < -0.3 is 24.8 Å². The molecule has 0 aromatic carbocycles. The second-order valence-electron chi connectivity index (χ2n) is 4.48. The summed E-state index contributed by atoms with van der Waals surface area (Å²) in [5.74, 6) is 0. The van der Waals surface area contributed by atoms with Crippen molar-refractivity contribution in [3.8, 4) is 0 Å². The minimum atomic E-state index is -1.21. The van der Waals surface area contributed by atoms with Crippen LogP contribution in [0.25, 0.3) is 0 Å². The smallest absolute Gasteiger partial charge is 0.186 e. The maximum atomic E-state index is 9.51. The highest BCUT2D eigenvalue weighted by atomic mass is 16.7. The normalized spacial score (nSPS) is 39.9. The van der Waals surface area contributed by atoms with E-state index in [4.69, 9.17) is 9.47 Å². The second-order valence-corrected chi connectivity index (χ2v) is 4.48. The van der Waals surface area contributed by atoms with Crippen LogP contribution in [0.1, 0.15) is 20.8 Å². The zero-order chi connectivity index (χ0) is 10.9. The van der Waals surface area contributed by atoms with Crippen LogP contribution in [-0.2, 0) is 9.47 Å². The lowest BCUT2D eigenvalue weighted by Crippen LogP contribution is -2.55. The molecule has 14 heavy (non-hydrogen) atoms. The lowest BCUT2D eigenvalue weighted by molar-refractivity contribution is -0.294. The van der Waals surface area contributed by atoms with Gasteiger partial charge in [0.2, 0.25) is 0 Å². The molecule has 1 aliphatic rings. The third kappa shape index (κ3) is 2.90. The molecule has 0 amide bonds. The summed E-state index contributed by atoms with van der Waals surface area (Å²) in [7, 11) is 0. The van der Waals surface area contributed by atoms with Crippen LogP contribution < -0.4 is 0 Å². The molecule has 4 atom stereocenters. The van der Waals surface area contributed by atoms with Crippen molar-refractivity contribution in [2.24, 2.45) is 0 Å². The van der Waals surface area contributed by atoms with Crippen LogP contribution in [0.5, 0.6) is 0 Å². The van der Waals surface area contributed by atoms with Crippen molar-refractivity contribution in [1.29, 1.82) is 0 Å². The summed E-state index contributed by atoms with van der Waals surface area (Å²) in [5.41, 5.74) is -0.465. The Labute approximate surface area is 83.3 Å². The van der Waals surface area contributed by atoms with Gasteiger partial charge >= 0.3 is 0 Å². The van der Waals surface area contributed by atoms with E-state index in [0.717, 1.165) is 0 Å². The summed E-state index contributed by atoms with van der Waals surface area (Å²) < 4.78 is 10.4. The Hall–Kier alpha value is -0.200. The van der Waals surface area contributed by atoms with Gasteiger partial charge in [0, 0.05) is 0 Å². The van der Waals surface area contributed by atoms with Gasteiger partial charge in [0.25, 0.3) is 0 Å². The Morgan fingerprint density at radius 1 is 1.14 bits per heavy atom. The molecule has 5 heteroatoms. The average molecular weight is 206 g/mol. The third-order valence-corrected chi connectivity index (χ3v) is 1.92. The molecule has 1 saturated heterocycles. The third-order valence-electron chi connectivity index (χ3n) is 1.92. The Balaban J connectivity index is 2.55. The quantitative estimate of drug-likeness (QED) is 0.525. The predicted molar refractivity (Wildman–Crippen MR) is 48.6 cm³/mol. The van der Waals surface area contributed by atoms with Gasteiger partial charge in [-0.15, -0.1) is 0 Å². The van der Waals surface area contributed by atoms with Crippen LogP contribution in [0.15, 0.2) is 0 Å². The monoisotopic (exact) mass is 206 g/mol. The van der Waals surface area contributed by atoms with Crippen LogP contribution >= 0.6 is 0 Å². The standard InChI is InChI=1S/C9H18O5/c1-9(2,3)14-8-7(12)6(11)5(10)4-13-8/h5-8,10-12H,4H2,1-3H3/t5-,6+,7?,8+/m1/s1. The molecule has 1 heterocycles. The molecule has 0 aromatic heterocycles. The Morgan fingerprint density at radius 3 is 2.21 bits per heavy atom. The van der Waals surface area contributed by atoms with Gasteiger partial charge in [0.05, 0.1) is 12.2 Å². The van der Waals surface area contributed by atoms with Crippen LogP contribution in [0.4, 0.5) is 0 Å². The minimum Gasteiger partial charge on any atom is -0.388 e. The molecular weight excluding hydrogens is 188 g/mol. The van der Waals surface area contributed by atoms with Gasteiger partial charge in [0.1, 0.15) is 18.3 Å². The fourth-order valence-electron chi connectivity index (χ4n) is 1.23. The number of hydrogen-bond acceptors (Lipinski definition) is 5. The first kappa shape index (κ1) is 11.9. The Kier molecular flexibility index (Phi) is 3.49. The first-order chi connectivity index (χ1) is 6.31. The van der Waals surface area contributed by atoms with E-state index in [1.165, 1.54) is 0 Å². The summed E-state index contributed by atoms with van der Waals surface area (Å²) >= 11 is 0. The van der Waals surface area contributed by atoms with Crippen LogP contribution in [0.2, 0.25) is 0 Å². The van der Waals surface area contributed by atoms with Crippen molar-refractivity contribution in [2.45, 2.75) is 51.0 Å². The molecule has 3 N–H and O–H groups in total. The van der Waals surface area contributed by atoms with E-state index in [9.17, 15) is 15.3 Å². The molecule has 0 bridgehead atoms. The fraction of sp³-hybridized carbons (Fsp3) is 1.00. The first-order valence-corrected chi connectivity index (χ1v) is 4.65. The molecule has 84 valence electrons. The molecule has 0 aliphatic carbocycles. The molecule has 1 fully saturated rings. The Bertz CT molecular complexity index is 188. The van der Waals surface area contributed by atoms with E-state index in [1.54, 1.807) is 0 Å². The summed E-state index contributed by atoms with van der Waals surface area (Å²) in [6, 6.07) is 0. The molecule has 0 radical (unpaired) electrons. The number of hydrogen-bond donors (Lipinski definition) is 3. The maximum absolute atomic E-state index is 9.51. The highest BCUT2D eigenvalue weighted by Crippen LogP contribution is 2.21. The number of rotatable bonds is 1. The molecule has 0 saturated carbocycles. The minimum absolute atomic E-state index is 0.0288. The first-order valence-electron chi connectivity index (χ1n) is 4.65. The molecule has 0 aromatic rings. The summed E-state index contributed by atoms with van der Waals surface area (Å²) in [6.07, 6.45) is -4.35. The highest BCUT2D eigenvalue weighted by molar-refractivity contribution is 4.83. The van der Waals surface area contributed by atoms with Crippen molar-refractivity contribution < 1.29 is 24.8 Å². The summed E-state index contributed by atoms with van der Waals surface area (Å²) in [6.45, 7) is 5.43. The molecule has 5 nitrogen and oxygen atoms in total. The SMILES string of the molecule is CC(C)(C)O[C@@H]1OC[C@@H](O)[C@H](O)C1O. The largest absolute Gasteiger partial charge is 0.388 e. The molecular formula is C9H18O5. The van der Waals surface area contributed by atoms with Crippen molar-refractivity contribution in [3.05, 3.63) is 0 Å². The second kappa shape index (κ2) is 4.12. The van der Waals surface area contributed by atoms with Crippen molar-refractivity contribution >= 4 is 0 Å². The predicted octanol–water partition coefficient (Wildman–Crippen LogP) is -0.760. The zero-order valence-electron chi connectivity index (χ0n) is 8.67. The topological polar surface area (TPSA) is 79.2 Å². The molecule has 1 unspecified atom stereocenters. The lowest BCUT2D eigenvalue weighted by atomic mass is 10.1. The van der Waals surface area contributed by atoms with E-state index in [2.05, 4.69) is 0 Å². The summed E-state index contributed by atoms with van der Waals surface area (Å²) in [5, 5.41) is 28.0. The van der Waals surface area contributed by atoms with E-state index in [-0.39, 0.29) is 6.61 Å². The number of aliphatic hydroxyl groups excluding tert-OH is 3. The highest BCUT2D eigenvalue weighted by Gasteiger charge is 2.39. The molecule has 1 aliphatic heterocycles. The van der Waals surface area contributed by atoms with Gasteiger partial charge in [-0.05, 0) is 20.8 Å². The van der Waals surface area contributed by atoms with Gasteiger partial charge in [-0.2, -0.15) is 0 Å². The van der Waals surface area contributed by atoms with Crippen molar-refractivity contribution in [2.75, 3.05) is 6.61 Å². The number of aliphatic hydroxyl groups is 3. The van der Waals surface area contributed by atoms with Crippen molar-refractivity contribution in [1.82, 2.24) is 0 Å². The van der Waals surface area contributed by atoms with Gasteiger partial charge in [0.15, 0.2) is 6.29 Å². The zero-order valence-corrected chi connectivity index (χ0v) is 8.67. The van der Waals surface area contributed by atoms with E-state index >= 15 is 0 Å². The van der Waals surface area contributed by atoms with Gasteiger partial charge in [-0.25, -0.2) is 0 Å². The summed E-state index contributed by atoms with van der Waals surface area (Å²) in [4.78, 5) is 0. The van der Waals surface area contributed by atoms with Gasteiger partial charge in [-0.3, -0.25) is 0 Å². The van der Waals surface area contributed by atoms with Crippen LogP contribution in [-0.4, -0.2) is 52.1 Å². The van der Waals surface area contributed by atoms with E-state index in [0.29, 0.717) is 0 Å².